The summed E-state index contributed by atoms with van der Waals surface area (Å²) in [5.41, 5.74) is 3.90. The molecule has 0 bridgehead atoms. The number of morpholine rings is 1. The van der Waals surface area contributed by atoms with Crippen molar-refractivity contribution in [2.24, 2.45) is 0 Å². The third-order valence-electron chi connectivity index (χ3n) is 5.06. The molecule has 3 rings (SSSR count). The summed E-state index contributed by atoms with van der Waals surface area (Å²) in [6, 6.07) is 8.73. The third kappa shape index (κ3) is 3.89. The zero-order valence-corrected chi connectivity index (χ0v) is 16.0. The molecular formula is C21H27FN2O2. The van der Waals surface area contributed by atoms with Gasteiger partial charge in [0.05, 0.1) is 19.3 Å². The topological polar surface area (TPSA) is 34.5 Å². The number of aromatic nitrogens is 1. The summed E-state index contributed by atoms with van der Waals surface area (Å²) in [6.45, 7) is 10.6. The molecule has 0 saturated carbocycles. The van der Waals surface area contributed by atoms with Gasteiger partial charge in [-0.25, -0.2) is 4.39 Å². The summed E-state index contributed by atoms with van der Waals surface area (Å²) in [6.07, 6.45) is -0.125. The largest absolute Gasteiger partial charge is 0.371 e. The number of halogens is 1. The van der Waals surface area contributed by atoms with Gasteiger partial charge < -0.3 is 9.30 Å². The Labute approximate surface area is 154 Å². The monoisotopic (exact) mass is 358 g/mol. The van der Waals surface area contributed by atoms with Crippen LogP contribution >= 0.6 is 0 Å². The Balaban J connectivity index is 1.69. The lowest BCUT2D eigenvalue weighted by Crippen LogP contribution is -2.41. The van der Waals surface area contributed by atoms with Gasteiger partial charge in [0.15, 0.2) is 5.78 Å². The fourth-order valence-corrected chi connectivity index (χ4v) is 3.87. The van der Waals surface area contributed by atoms with Crippen molar-refractivity contribution >= 4 is 5.78 Å². The van der Waals surface area contributed by atoms with Crippen LogP contribution in [0.4, 0.5) is 4.39 Å². The number of ketones is 1. The maximum absolute atomic E-state index is 13.1. The normalized spacial score (nSPS) is 18.5. The number of aryl methyl sites for hydroxylation is 1. The number of benzene rings is 1. The number of rotatable bonds is 5. The molecule has 1 aliphatic heterocycles. The number of hydrogen-bond donors (Lipinski definition) is 0. The summed E-state index contributed by atoms with van der Waals surface area (Å²) >= 11 is 0. The summed E-state index contributed by atoms with van der Waals surface area (Å²) in [4.78, 5) is 15.0. The minimum Gasteiger partial charge on any atom is -0.371 e. The third-order valence-corrected chi connectivity index (χ3v) is 5.06. The van der Waals surface area contributed by atoms with Crippen molar-refractivity contribution < 1.29 is 13.9 Å². The molecule has 1 aromatic carbocycles. The molecule has 1 atom stereocenters. The number of ether oxygens (including phenoxy) is 1. The van der Waals surface area contributed by atoms with Gasteiger partial charge in [-0.05, 0) is 51.5 Å². The van der Waals surface area contributed by atoms with E-state index in [0.29, 0.717) is 25.7 Å². The maximum atomic E-state index is 13.1. The molecular weight excluding hydrogens is 331 g/mol. The zero-order chi connectivity index (χ0) is 18.8. The lowest BCUT2D eigenvalue weighted by Gasteiger charge is -2.32. The molecule has 4 nitrogen and oxygen atoms in total. The lowest BCUT2D eigenvalue weighted by atomic mass is 10.1. The standard InChI is InChI=1S/C21H27FN2O2/c1-14(2)24-15(3)11-19(16(24)4)20(25)12-23-9-10-26-21(13-23)17-5-7-18(22)8-6-17/h5-8,11,14,21H,9-10,12-13H2,1-4H3/t21-/m1/s1. The Morgan fingerprint density at radius 1 is 1.27 bits per heavy atom. The van der Waals surface area contributed by atoms with E-state index in [0.717, 1.165) is 29.1 Å². The summed E-state index contributed by atoms with van der Waals surface area (Å²) < 4.78 is 21.1. The minimum absolute atomic E-state index is 0.125. The van der Waals surface area contributed by atoms with E-state index in [-0.39, 0.29) is 17.7 Å². The van der Waals surface area contributed by atoms with Crippen LogP contribution in [0.2, 0.25) is 0 Å². The highest BCUT2D eigenvalue weighted by Crippen LogP contribution is 2.24. The van der Waals surface area contributed by atoms with Crippen LogP contribution in [0.5, 0.6) is 0 Å². The first-order valence-electron chi connectivity index (χ1n) is 9.18. The van der Waals surface area contributed by atoms with Crippen LogP contribution < -0.4 is 0 Å². The van der Waals surface area contributed by atoms with Crippen molar-refractivity contribution in [1.82, 2.24) is 9.47 Å². The van der Waals surface area contributed by atoms with Crippen LogP contribution in [-0.4, -0.2) is 41.5 Å². The molecule has 0 spiro atoms. The van der Waals surface area contributed by atoms with Gasteiger partial charge in [-0.1, -0.05) is 12.1 Å². The van der Waals surface area contributed by atoms with Crippen LogP contribution in [0.15, 0.2) is 30.3 Å². The number of Topliss-reactive ketones (excluding diaryl/α,β-unsaturated/α-hetero) is 1. The SMILES string of the molecule is Cc1cc(C(=O)CN2CCO[C@@H](c3ccc(F)cc3)C2)c(C)n1C(C)C. The van der Waals surface area contributed by atoms with Crippen LogP contribution in [0.1, 0.15) is 53.3 Å². The highest BCUT2D eigenvalue weighted by molar-refractivity contribution is 5.99. The zero-order valence-electron chi connectivity index (χ0n) is 16.0. The van der Waals surface area contributed by atoms with E-state index in [1.165, 1.54) is 12.1 Å². The maximum Gasteiger partial charge on any atom is 0.178 e. The molecule has 1 aliphatic rings. The first-order valence-corrected chi connectivity index (χ1v) is 9.18. The Kier molecular flexibility index (Phi) is 5.58. The molecule has 1 fully saturated rings. The highest BCUT2D eigenvalue weighted by Gasteiger charge is 2.25. The van der Waals surface area contributed by atoms with Gasteiger partial charge in [0.2, 0.25) is 0 Å². The molecule has 26 heavy (non-hydrogen) atoms. The molecule has 0 unspecified atom stereocenters. The van der Waals surface area contributed by atoms with E-state index < -0.39 is 0 Å². The van der Waals surface area contributed by atoms with Crippen molar-refractivity contribution in [3.05, 3.63) is 58.7 Å². The smallest absolute Gasteiger partial charge is 0.178 e. The summed E-state index contributed by atoms with van der Waals surface area (Å²) in [5, 5.41) is 0. The summed E-state index contributed by atoms with van der Waals surface area (Å²) in [5.74, 6) is -0.109. The lowest BCUT2D eigenvalue weighted by molar-refractivity contribution is -0.0275. The van der Waals surface area contributed by atoms with E-state index in [1.54, 1.807) is 12.1 Å². The molecule has 0 amide bonds. The first-order chi connectivity index (χ1) is 12.4. The van der Waals surface area contributed by atoms with E-state index in [2.05, 4.69) is 23.3 Å². The van der Waals surface area contributed by atoms with Gasteiger partial charge >= 0.3 is 0 Å². The van der Waals surface area contributed by atoms with Gasteiger partial charge in [-0.15, -0.1) is 0 Å². The fraction of sp³-hybridized carbons (Fsp3) is 0.476. The molecule has 0 radical (unpaired) electrons. The van der Waals surface area contributed by atoms with Crippen molar-refractivity contribution in [2.75, 3.05) is 26.2 Å². The average molecular weight is 358 g/mol. The number of carbonyl (C=O) groups excluding carboxylic acids is 1. The molecule has 2 heterocycles. The van der Waals surface area contributed by atoms with Crippen LogP contribution in [-0.2, 0) is 4.74 Å². The average Bonchev–Trinajstić information content (AvgIpc) is 2.90. The van der Waals surface area contributed by atoms with Crippen molar-refractivity contribution in [1.29, 1.82) is 0 Å². The molecule has 0 N–H and O–H groups in total. The van der Waals surface area contributed by atoms with E-state index >= 15 is 0 Å². The van der Waals surface area contributed by atoms with Gasteiger partial charge in [0, 0.05) is 36.1 Å². The van der Waals surface area contributed by atoms with E-state index in [4.69, 9.17) is 4.74 Å². The van der Waals surface area contributed by atoms with Gasteiger partial charge in [-0.3, -0.25) is 9.69 Å². The predicted octanol–water partition coefficient (Wildman–Crippen LogP) is 4.08. The number of nitrogens with zero attached hydrogens (tertiary/aromatic N) is 2. The van der Waals surface area contributed by atoms with Crippen molar-refractivity contribution in [3.8, 4) is 0 Å². The van der Waals surface area contributed by atoms with Crippen LogP contribution in [0, 0.1) is 19.7 Å². The molecule has 1 aromatic heterocycles. The molecule has 140 valence electrons. The Morgan fingerprint density at radius 3 is 2.58 bits per heavy atom. The first kappa shape index (κ1) is 18.8. The van der Waals surface area contributed by atoms with Crippen molar-refractivity contribution in [2.45, 2.75) is 39.8 Å². The Hall–Kier alpha value is -1.98. The van der Waals surface area contributed by atoms with E-state index in [9.17, 15) is 9.18 Å². The molecule has 1 saturated heterocycles. The van der Waals surface area contributed by atoms with Crippen LogP contribution in [0.3, 0.4) is 0 Å². The Bertz CT molecular complexity index is 780. The molecule has 0 aliphatic carbocycles. The summed E-state index contributed by atoms with van der Waals surface area (Å²) in [7, 11) is 0. The van der Waals surface area contributed by atoms with Crippen molar-refractivity contribution in [3.63, 3.8) is 0 Å². The predicted molar refractivity (Wildman–Crippen MR) is 100 cm³/mol. The second-order valence-electron chi connectivity index (χ2n) is 7.32. The minimum atomic E-state index is -0.253. The quantitative estimate of drug-likeness (QED) is 0.756. The fourth-order valence-electron chi connectivity index (χ4n) is 3.87. The Morgan fingerprint density at radius 2 is 1.96 bits per heavy atom. The van der Waals surface area contributed by atoms with Gasteiger partial charge in [0.25, 0.3) is 0 Å². The van der Waals surface area contributed by atoms with Gasteiger partial charge in [-0.2, -0.15) is 0 Å². The molecule has 2 aromatic rings. The number of carbonyl (C=O) groups is 1. The number of hydrogen-bond acceptors (Lipinski definition) is 3. The second kappa shape index (κ2) is 7.72. The van der Waals surface area contributed by atoms with E-state index in [1.807, 2.05) is 19.9 Å². The molecule has 5 heteroatoms. The van der Waals surface area contributed by atoms with Crippen LogP contribution in [0.25, 0.3) is 0 Å². The van der Waals surface area contributed by atoms with Gasteiger partial charge in [0.1, 0.15) is 5.82 Å². The highest BCUT2D eigenvalue weighted by atomic mass is 19.1. The second-order valence-corrected chi connectivity index (χ2v) is 7.32.